The monoisotopic (exact) mass is 350 g/mol. The van der Waals surface area contributed by atoms with E-state index in [1.807, 2.05) is 66.1 Å². The van der Waals surface area contributed by atoms with E-state index in [1.165, 1.54) is 0 Å². The van der Waals surface area contributed by atoms with Crippen LogP contribution < -0.4 is 4.74 Å². The van der Waals surface area contributed by atoms with E-state index >= 15 is 0 Å². The number of hydrogen-bond donors (Lipinski definition) is 0. The molecule has 0 fully saturated rings. The van der Waals surface area contributed by atoms with Crippen molar-refractivity contribution in [3.8, 4) is 17.1 Å². The molecular weight excluding hydrogens is 336 g/mol. The summed E-state index contributed by atoms with van der Waals surface area (Å²) in [6, 6.07) is 16.0. The summed E-state index contributed by atoms with van der Waals surface area (Å²) >= 11 is 6.08. The minimum atomic E-state index is 0.271. The van der Waals surface area contributed by atoms with Gasteiger partial charge in [-0.15, -0.1) is 10.2 Å². The van der Waals surface area contributed by atoms with E-state index in [0.29, 0.717) is 18.1 Å². The molecule has 0 unspecified atom stereocenters. The molecule has 0 bridgehead atoms. The SMILES string of the molecule is Cc1ccc(-c2nnc(Cl)c3nccn23)c(OCc2ccccc2)c1. The van der Waals surface area contributed by atoms with Gasteiger partial charge in [-0.25, -0.2) is 4.98 Å². The van der Waals surface area contributed by atoms with Crippen LogP contribution in [0.15, 0.2) is 60.9 Å². The van der Waals surface area contributed by atoms with Crippen LogP contribution in [-0.2, 0) is 6.61 Å². The van der Waals surface area contributed by atoms with E-state index in [2.05, 4.69) is 15.2 Å². The maximum absolute atomic E-state index is 6.08. The predicted octanol–water partition coefficient (Wildman–Crippen LogP) is 4.33. The Morgan fingerprint density at radius 3 is 2.76 bits per heavy atom. The van der Waals surface area contributed by atoms with Crippen molar-refractivity contribution in [3.63, 3.8) is 0 Å². The van der Waals surface area contributed by atoms with Crippen molar-refractivity contribution in [1.82, 2.24) is 19.6 Å². The number of ether oxygens (including phenoxy) is 1. The van der Waals surface area contributed by atoms with Gasteiger partial charge in [-0.3, -0.25) is 4.40 Å². The summed E-state index contributed by atoms with van der Waals surface area (Å²) in [6.45, 7) is 2.50. The van der Waals surface area contributed by atoms with Crippen LogP contribution >= 0.6 is 11.6 Å². The van der Waals surface area contributed by atoms with Crippen LogP contribution in [0.1, 0.15) is 11.1 Å². The number of fused-ring (bicyclic) bond motifs is 1. The first kappa shape index (κ1) is 15.6. The Balaban J connectivity index is 1.77. The molecular formula is C19H15ClN4O. The molecule has 0 saturated heterocycles. The predicted molar refractivity (Wildman–Crippen MR) is 96.7 cm³/mol. The summed E-state index contributed by atoms with van der Waals surface area (Å²) < 4.78 is 7.89. The van der Waals surface area contributed by atoms with Crippen LogP contribution in [-0.4, -0.2) is 19.6 Å². The molecule has 0 spiro atoms. The standard InChI is InChI=1S/C19H15ClN4O/c1-13-7-8-15(16(11-13)25-12-14-5-3-2-4-6-14)18-23-22-17(20)19-21-9-10-24(18)19/h2-11H,12H2,1H3. The van der Waals surface area contributed by atoms with E-state index in [4.69, 9.17) is 16.3 Å². The third kappa shape index (κ3) is 3.06. The smallest absolute Gasteiger partial charge is 0.195 e. The number of imidazole rings is 1. The first-order chi connectivity index (χ1) is 12.2. The average Bonchev–Trinajstić information content (AvgIpc) is 3.13. The first-order valence-electron chi connectivity index (χ1n) is 7.85. The van der Waals surface area contributed by atoms with Crippen LogP contribution in [0, 0.1) is 6.92 Å². The molecule has 2 aromatic heterocycles. The summed E-state index contributed by atoms with van der Waals surface area (Å²) in [5.74, 6) is 1.38. The molecule has 2 heterocycles. The Hall–Kier alpha value is -2.92. The van der Waals surface area contributed by atoms with Gasteiger partial charge in [-0.1, -0.05) is 48.0 Å². The van der Waals surface area contributed by atoms with Crippen molar-refractivity contribution in [2.75, 3.05) is 0 Å². The van der Waals surface area contributed by atoms with Gasteiger partial charge in [0, 0.05) is 12.4 Å². The Bertz CT molecular complexity index is 1030. The zero-order chi connectivity index (χ0) is 17.2. The highest BCUT2D eigenvalue weighted by Crippen LogP contribution is 2.31. The van der Waals surface area contributed by atoms with Gasteiger partial charge in [0.15, 0.2) is 16.6 Å². The van der Waals surface area contributed by atoms with Crippen LogP contribution in [0.2, 0.25) is 5.15 Å². The van der Waals surface area contributed by atoms with Gasteiger partial charge < -0.3 is 4.74 Å². The van der Waals surface area contributed by atoms with Gasteiger partial charge >= 0.3 is 0 Å². The van der Waals surface area contributed by atoms with E-state index in [0.717, 1.165) is 22.4 Å². The van der Waals surface area contributed by atoms with E-state index in [1.54, 1.807) is 6.20 Å². The van der Waals surface area contributed by atoms with E-state index < -0.39 is 0 Å². The lowest BCUT2D eigenvalue weighted by Crippen LogP contribution is -2.02. The highest BCUT2D eigenvalue weighted by Gasteiger charge is 2.15. The highest BCUT2D eigenvalue weighted by atomic mass is 35.5. The Morgan fingerprint density at radius 2 is 1.92 bits per heavy atom. The maximum atomic E-state index is 6.08. The van der Waals surface area contributed by atoms with Crippen molar-refractivity contribution in [2.24, 2.45) is 0 Å². The topological polar surface area (TPSA) is 52.3 Å². The van der Waals surface area contributed by atoms with Crippen LogP contribution in [0.5, 0.6) is 5.75 Å². The number of benzene rings is 2. The molecule has 4 rings (SSSR count). The van der Waals surface area contributed by atoms with Gasteiger partial charge in [0.2, 0.25) is 0 Å². The molecule has 0 aliphatic carbocycles. The number of aryl methyl sites for hydroxylation is 1. The second-order valence-electron chi connectivity index (χ2n) is 5.71. The summed E-state index contributed by atoms with van der Waals surface area (Å²) in [7, 11) is 0. The van der Waals surface area contributed by atoms with Crippen LogP contribution in [0.4, 0.5) is 0 Å². The molecule has 0 atom stereocenters. The average molecular weight is 351 g/mol. The molecule has 0 radical (unpaired) electrons. The number of hydrogen-bond acceptors (Lipinski definition) is 4. The first-order valence-corrected chi connectivity index (χ1v) is 8.23. The Labute approximate surface area is 149 Å². The van der Waals surface area contributed by atoms with Gasteiger partial charge in [-0.2, -0.15) is 0 Å². The normalized spacial score (nSPS) is 11.0. The van der Waals surface area contributed by atoms with Crippen LogP contribution in [0.3, 0.4) is 0 Å². The largest absolute Gasteiger partial charge is 0.488 e. The second-order valence-corrected chi connectivity index (χ2v) is 6.07. The molecule has 0 aliphatic heterocycles. The molecule has 5 nitrogen and oxygen atoms in total. The Morgan fingerprint density at radius 1 is 1.08 bits per heavy atom. The molecule has 0 aliphatic rings. The quantitative estimate of drug-likeness (QED) is 0.549. The molecule has 0 N–H and O–H groups in total. The van der Waals surface area contributed by atoms with Crippen molar-refractivity contribution in [3.05, 3.63) is 77.2 Å². The minimum absolute atomic E-state index is 0.271. The maximum Gasteiger partial charge on any atom is 0.195 e. The minimum Gasteiger partial charge on any atom is -0.488 e. The lowest BCUT2D eigenvalue weighted by Gasteiger charge is -2.13. The summed E-state index contributed by atoms with van der Waals surface area (Å²) in [5, 5.41) is 8.54. The number of halogens is 1. The van der Waals surface area contributed by atoms with Gasteiger partial charge in [0.1, 0.15) is 12.4 Å². The molecule has 6 heteroatoms. The fourth-order valence-electron chi connectivity index (χ4n) is 2.66. The highest BCUT2D eigenvalue weighted by molar-refractivity contribution is 6.32. The molecule has 0 amide bonds. The molecule has 124 valence electrons. The zero-order valence-electron chi connectivity index (χ0n) is 13.6. The van der Waals surface area contributed by atoms with Crippen LogP contribution in [0.25, 0.3) is 17.0 Å². The van der Waals surface area contributed by atoms with Gasteiger partial charge in [0.25, 0.3) is 0 Å². The van der Waals surface area contributed by atoms with Gasteiger partial charge in [-0.05, 0) is 30.2 Å². The molecule has 2 aromatic carbocycles. The number of nitrogens with zero attached hydrogens (tertiary/aromatic N) is 4. The summed E-state index contributed by atoms with van der Waals surface area (Å²) in [4.78, 5) is 4.23. The third-order valence-corrected chi connectivity index (χ3v) is 4.15. The number of aromatic nitrogens is 4. The fraction of sp³-hybridized carbons (Fsp3) is 0.105. The summed E-state index contributed by atoms with van der Waals surface area (Å²) in [6.07, 6.45) is 3.48. The third-order valence-electron chi connectivity index (χ3n) is 3.90. The number of rotatable bonds is 4. The van der Waals surface area contributed by atoms with Crippen molar-refractivity contribution < 1.29 is 4.74 Å². The molecule has 0 saturated carbocycles. The van der Waals surface area contributed by atoms with Gasteiger partial charge in [0.05, 0.1) is 5.56 Å². The van der Waals surface area contributed by atoms with E-state index in [-0.39, 0.29) is 5.15 Å². The van der Waals surface area contributed by atoms with Crippen molar-refractivity contribution in [2.45, 2.75) is 13.5 Å². The van der Waals surface area contributed by atoms with E-state index in [9.17, 15) is 0 Å². The second kappa shape index (κ2) is 6.53. The Kier molecular flexibility index (Phi) is 4.07. The molecule has 4 aromatic rings. The lowest BCUT2D eigenvalue weighted by atomic mass is 10.1. The zero-order valence-corrected chi connectivity index (χ0v) is 14.3. The fourth-order valence-corrected chi connectivity index (χ4v) is 2.84. The van der Waals surface area contributed by atoms with Crippen molar-refractivity contribution in [1.29, 1.82) is 0 Å². The lowest BCUT2D eigenvalue weighted by molar-refractivity contribution is 0.307. The summed E-state index contributed by atoms with van der Waals surface area (Å²) in [5.41, 5.74) is 3.62. The van der Waals surface area contributed by atoms with Crippen molar-refractivity contribution >= 4 is 17.2 Å². The molecule has 25 heavy (non-hydrogen) atoms.